The lowest BCUT2D eigenvalue weighted by molar-refractivity contribution is 0.00776. The topological polar surface area (TPSA) is 84.9 Å². The van der Waals surface area contributed by atoms with Crippen molar-refractivity contribution < 1.29 is 22.7 Å². The molecule has 1 N–H and O–H groups in total. The number of benzene rings is 2. The maximum absolute atomic E-state index is 12.6. The number of carbonyl (C=O) groups is 1. The Bertz CT molecular complexity index is 1010. The largest absolute Gasteiger partial charge is 0.489 e. The quantitative estimate of drug-likeness (QED) is 0.727. The highest BCUT2D eigenvalue weighted by Gasteiger charge is 2.28. The van der Waals surface area contributed by atoms with Crippen molar-refractivity contribution >= 4 is 21.8 Å². The molecule has 1 aliphatic rings. The van der Waals surface area contributed by atoms with Crippen LogP contribution in [0.2, 0.25) is 0 Å². The van der Waals surface area contributed by atoms with E-state index in [1.54, 1.807) is 53.4 Å². The van der Waals surface area contributed by atoms with Crippen LogP contribution >= 0.6 is 0 Å². The van der Waals surface area contributed by atoms with Crippen molar-refractivity contribution in [2.24, 2.45) is 0 Å². The van der Waals surface area contributed by atoms with Gasteiger partial charge < -0.3 is 14.4 Å². The van der Waals surface area contributed by atoms with E-state index in [0.29, 0.717) is 24.5 Å². The monoisotopic (exact) mass is 446 g/mol. The number of likely N-dealkylation sites (tertiary alicyclic amines) is 1. The molecule has 1 fully saturated rings. The Kier molecular flexibility index (Phi) is 6.79. The zero-order chi connectivity index (χ0) is 22.6. The minimum absolute atomic E-state index is 0.190. The van der Waals surface area contributed by atoms with E-state index in [4.69, 9.17) is 9.47 Å². The molecule has 168 valence electrons. The zero-order valence-corrected chi connectivity index (χ0v) is 19.2. The van der Waals surface area contributed by atoms with Gasteiger partial charge in [-0.3, -0.25) is 4.72 Å². The molecule has 1 unspecified atom stereocenters. The molecule has 0 spiro atoms. The van der Waals surface area contributed by atoms with E-state index in [2.05, 4.69) is 4.72 Å². The Labute approximate surface area is 184 Å². The van der Waals surface area contributed by atoms with E-state index in [1.165, 1.54) is 0 Å². The van der Waals surface area contributed by atoms with Crippen molar-refractivity contribution in [1.29, 1.82) is 0 Å². The van der Waals surface area contributed by atoms with Crippen molar-refractivity contribution in [2.75, 3.05) is 17.8 Å². The van der Waals surface area contributed by atoms with Gasteiger partial charge in [-0.2, -0.15) is 0 Å². The summed E-state index contributed by atoms with van der Waals surface area (Å²) in [5.41, 5.74) is 0.855. The first-order chi connectivity index (χ1) is 14.5. The zero-order valence-electron chi connectivity index (χ0n) is 18.4. The second-order valence-electron chi connectivity index (χ2n) is 8.75. The van der Waals surface area contributed by atoms with Crippen LogP contribution in [0.4, 0.5) is 10.5 Å². The molecule has 0 aliphatic carbocycles. The van der Waals surface area contributed by atoms with Gasteiger partial charge in [-0.1, -0.05) is 23.8 Å². The molecule has 1 heterocycles. The standard InChI is InChI=1S/C23H30N2O5S/c1-17-10-12-21(13-11-17)31(27,28)24-18-7-5-8-19(15-18)29-20-9-6-14-25(16-20)22(26)30-23(2,3)4/h5,7-8,10-13,15,20,24H,6,9,14,16H2,1-4H3. The molecular weight excluding hydrogens is 416 g/mol. The van der Waals surface area contributed by atoms with Crippen LogP contribution in [0.15, 0.2) is 53.4 Å². The first kappa shape index (κ1) is 22.9. The van der Waals surface area contributed by atoms with Gasteiger partial charge in [0.1, 0.15) is 17.5 Å². The number of sulfonamides is 1. The molecule has 0 aromatic heterocycles. The second-order valence-corrected chi connectivity index (χ2v) is 10.4. The van der Waals surface area contributed by atoms with Crippen LogP contribution in [0.3, 0.4) is 0 Å². The molecule has 0 radical (unpaired) electrons. The Morgan fingerprint density at radius 3 is 2.52 bits per heavy atom. The Morgan fingerprint density at radius 1 is 1.13 bits per heavy atom. The molecule has 1 aliphatic heterocycles. The van der Waals surface area contributed by atoms with Crippen molar-refractivity contribution in [3.8, 4) is 5.75 Å². The molecule has 7 nitrogen and oxygen atoms in total. The maximum Gasteiger partial charge on any atom is 0.410 e. The van der Waals surface area contributed by atoms with E-state index in [1.807, 2.05) is 27.7 Å². The fourth-order valence-electron chi connectivity index (χ4n) is 3.28. The molecule has 8 heteroatoms. The summed E-state index contributed by atoms with van der Waals surface area (Å²) in [6.45, 7) is 8.48. The van der Waals surface area contributed by atoms with Crippen molar-refractivity contribution in [2.45, 2.75) is 57.1 Å². The number of aryl methyl sites for hydroxylation is 1. The first-order valence-electron chi connectivity index (χ1n) is 10.4. The molecule has 3 rings (SSSR count). The SMILES string of the molecule is Cc1ccc(S(=O)(=O)Nc2cccc(OC3CCCN(C(=O)OC(C)(C)C)C3)c2)cc1. The predicted molar refractivity (Wildman–Crippen MR) is 120 cm³/mol. The molecular formula is C23H30N2O5S. The van der Waals surface area contributed by atoms with Gasteiger partial charge in [-0.05, 0) is 64.8 Å². The number of amides is 1. The first-order valence-corrected chi connectivity index (χ1v) is 11.8. The number of nitrogens with zero attached hydrogens (tertiary/aromatic N) is 1. The lowest BCUT2D eigenvalue weighted by atomic mass is 10.1. The highest BCUT2D eigenvalue weighted by atomic mass is 32.2. The summed E-state index contributed by atoms with van der Waals surface area (Å²) in [5.74, 6) is 0.542. The van der Waals surface area contributed by atoms with Crippen LogP contribution in [0.25, 0.3) is 0 Å². The van der Waals surface area contributed by atoms with Crippen LogP contribution in [0.5, 0.6) is 5.75 Å². The van der Waals surface area contributed by atoms with Crippen molar-refractivity contribution in [3.05, 3.63) is 54.1 Å². The van der Waals surface area contributed by atoms with Crippen LogP contribution in [-0.4, -0.2) is 44.2 Å². The fourth-order valence-corrected chi connectivity index (χ4v) is 4.33. The van der Waals surface area contributed by atoms with E-state index < -0.39 is 15.6 Å². The van der Waals surface area contributed by atoms with E-state index in [9.17, 15) is 13.2 Å². The lowest BCUT2D eigenvalue weighted by Crippen LogP contribution is -2.46. The van der Waals surface area contributed by atoms with Crippen LogP contribution in [0.1, 0.15) is 39.2 Å². The highest BCUT2D eigenvalue weighted by molar-refractivity contribution is 7.92. The normalized spacial score (nSPS) is 17.2. The molecule has 1 saturated heterocycles. The number of piperidine rings is 1. The minimum atomic E-state index is -3.69. The summed E-state index contributed by atoms with van der Waals surface area (Å²) in [5, 5.41) is 0. The molecule has 31 heavy (non-hydrogen) atoms. The summed E-state index contributed by atoms with van der Waals surface area (Å²) in [6.07, 6.45) is 1.08. The second kappa shape index (κ2) is 9.18. The van der Waals surface area contributed by atoms with Gasteiger partial charge in [0.15, 0.2) is 0 Å². The lowest BCUT2D eigenvalue weighted by Gasteiger charge is -2.34. The van der Waals surface area contributed by atoms with Gasteiger partial charge in [-0.25, -0.2) is 13.2 Å². The molecule has 0 bridgehead atoms. The Hall–Kier alpha value is -2.74. The Morgan fingerprint density at radius 2 is 1.84 bits per heavy atom. The third-order valence-electron chi connectivity index (χ3n) is 4.75. The summed E-state index contributed by atoms with van der Waals surface area (Å²) in [4.78, 5) is 14.2. The number of nitrogens with one attached hydrogen (secondary N) is 1. The molecule has 1 amide bonds. The predicted octanol–water partition coefficient (Wildman–Crippen LogP) is 4.57. The number of hydrogen-bond acceptors (Lipinski definition) is 5. The van der Waals surface area contributed by atoms with Crippen molar-refractivity contribution in [3.63, 3.8) is 0 Å². The van der Waals surface area contributed by atoms with E-state index in [-0.39, 0.29) is 17.1 Å². The molecule has 2 aromatic carbocycles. The highest BCUT2D eigenvalue weighted by Crippen LogP contribution is 2.24. The number of rotatable bonds is 5. The van der Waals surface area contributed by atoms with Gasteiger partial charge in [0.2, 0.25) is 0 Å². The average Bonchev–Trinajstić information content (AvgIpc) is 2.67. The average molecular weight is 447 g/mol. The number of ether oxygens (including phenoxy) is 2. The third-order valence-corrected chi connectivity index (χ3v) is 6.15. The van der Waals surface area contributed by atoms with E-state index in [0.717, 1.165) is 18.4 Å². The Balaban J connectivity index is 1.65. The molecule has 0 saturated carbocycles. The van der Waals surface area contributed by atoms with E-state index >= 15 is 0 Å². The molecule has 2 aromatic rings. The number of carbonyl (C=O) groups excluding carboxylic acids is 1. The van der Waals surface area contributed by atoms with Crippen LogP contribution in [-0.2, 0) is 14.8 Å². The maximum atomic E-state index is 12.6. The smallest absolute Gasteiger partial charge is 0.410 e. The fraction of sp³-hybridized carbons (Fsp3) is 0.435. The van der Waals surface area contributed by atoms with Gasteiger partial charge in [0.05, 0.1) is 17.1 Å². The molecule has 1 atom stereocenters. The third kappa shape index (κ3) is 6.62. The number of hydrogen-bond donors (Lipinski definition) is 1. The van der Waals surface area contributed by atoms with Gasteiger partial charge >= 0.3 is 6.09 Å². The van der Waals surface area contributed by atoms with Gasteiger partial charge in [0.25, 0.3) is 10.0 Å². The summed E-state index contributed by atoms with van der Waals surface area (Å²) >= 11 is 0. The summed E-state index contributed by atoms with van der Waals surface area (Å²) < 4.78 is 39.4. The van der Waals surface area contributed by atoms with Crippen LogP contribution in [0, 0.1) is 6.92 Å². The minimum Gasteiger partial charge on any atom is -0.489 e. The summed E-state index contributed by atoms with van der Waals surface area (Å²) in [6, 6.07) is 13.5. The summed E-state index contributed by atoms with van der Waals surface area (Å²) in [7, 11) is -3.69. The number of anilines is 1. The van der Waals surface area contributed by atoms with Gasteiger partial charge in [-0.15, -0.1) is 0 Å². The van der Waals surface area contributed by atoms with Crippen molar-refractivity contribution in [1.82, 2.24) is 4.90 Å². The van der Waals surface area contributed by atoms with Gasteiger partial charge in [0, 0.05) is 12.6 Å². The van der Waals surface area contributed by atoms with Crippen LogP contribution < -0.4 is 9.46 Å².